The van der Waals surface area contributed by atoms with Crippen LogP contribution in [0, 0.1) is 5.82 Å². The topological polar surface area (TPSA) is 51.0 Å². The van der Waals surface area contributed by atoms with Crippen LogP contribution in [0.4, 0.5) is 4.39 Å². The van der Waals surface area contributed by atoms with Crippen LogP contribution in [-0.2, 0) is 12.2 Å². The number of aromatic nitrogens is 2. The number of benzene rings is 1. The van der Waals surface area contributed by atoms with Gasteiger partial charge in [0.15, 0.2) is 5.82 Å². The number of hydrogen-bond donors (Lipinski definition) is 1. The molecule has 0 saturated heterocycles. The molecule has 1 aromatic carbocycles. The maximum atomic E-state index is 13.5. The summed E-state index contributed by atoms with van der Waals surface area (Å²) in [6.45, 7) is 7.11. The zero-order chi connectivity index (χ0) is 15.3. The summed E-state index contributed by atoms with van der Waals surface area (Å²) >= 11 is 1.37. The monoisotopic (exact) mass is 309 g/mol. The smallest absolute Gasteiger partial charge is 0.227 e. The molecule has 0 saturated carbocycles. The van der Waals surface area contributed by atoms with Gasteiger partial charge in [-0.25, -0.2) is 4.39 Å². The van der Waals surface area contributed by atoms with Gasteiger partial charge in [0, 0.05) is 23.4 Å². The number of halogens is 1. The Balaban J connectivity index is 1.82. The zero-order valence-electron chi connectivity index (χ0n) is 12.5. The van der Waals surface area contributed by atoms with E-state index in [0.29, 0.717) is 28.8 Å². The first kappa shape index (κ1) is 16.0. The van der Waals surface area contributed by atoms with E-state index in [1.807, 2.05) is 6.07 Å². The van der Waals surface area contributed by atoms with Crippen molar-refractivity contribution < 1.29 is 8.91 Å². The summed E-state index contributed by atoms with van der Waals surface area (Å²) in [5, 5.41) is 7.28. The minimum Gasteiger partial charge on any atom is -0.339 e. The molecule has 1 heterocycles. The van der Waals surface area contributed by atoms with Crippen LogP contribution >= 0.6 is 11.8 Å². The van der Waals surface area contributed by atoms with E-state index in [1.54, 1.807) is 12.1 Å². The second-order valence-corrected chi connectivity index (χ2v) is 6.77. The highest BCUT2D eigenvalue weighted by Gasteiger charge is 2.11. The third-order valence-corrected chi connectivity index (χ3v) is 3.74. The minimum absolute atomic E-state index is 0.0730. The molecule has 0 aliphatic carbocycles. The van der Waals surface area contributed by atoms with Crippen molar-refractivity contribution in [2.75, 3.05) is 6.54 Å². The van der Waals surface area contributed by atoms with Crippen LogP contribution in [0.3, 0.4) is 0 Å². The van der Waals surface area contributed by atoms with Gasteiger partial charge in [-0.2, -0.15) is 4.98 Å². The lowest BCUT2D eigenvalue weighted by Gasteiger charge is -2.19. The largest absolute Gasteiger partial charge is 0.339 e. The van der Waals surface area contributed by atoms with Gasteiger partial charge in [-0.3, -0.25) is 0 Å². The molecule has 1 N–H and O–H groups in total. The summed E-state index contributed by atoms with van der Waals surface area (Å²) in [5.41, 5.74) is 0.0730. The zero-order valence-corrected chi connectivity index (χ0v) is 13.3. The van der Waals surface area contributed by atoms with Gasteiger partial charge in [0.25, 0.3) is 0 Å². The van der Waals surface area contributed by atoms with Crippen molar-refractivity contribution in [2.24, 2.45) is 0 Å². The van der Waals surface area contributed by atoms with E-state index in [2.05, 4.69) is 36.2 Å². The molecule has 0 amide bonds. The van der Waals surface area contributed by atoms with Crippen LogP contribution in [-0.4, -0.2) is 22.2 Å². The van der Waals surface area contributed by atoms with Gasteiger partial charge in [0.05, 0.1) is 5.75 Å². The highest BCUT2D eigenvalue weighted by molar-refractivity contribution is 7.98. The lowest BCUT2D eigenvalue weighted by atomic mass is 10.1. The Morgan fingerprint density at radius 3 is 2.76 bits per heavy atom. The predicted molar refractivity (Wildman–Crippen MR) is 81.7 cm³/mol. The summed E-state index contributed by atoms with van der Waals surface area (Å²) in [6, 6.07) is 6.68. The van der Waals surface area contributed by atoms with Crippen LogP contribution in [0.25, 0.3) is 0 Å². The summed E-state index contributed by atoms with van der Waals surface area (Å²) in [6.07, 6.45) is 0.689. The van der Waals surface area contributed by atoms with Crippen molar-refractivity contribution >= 4 is 11.8 Å². The predicted octanol–water partition coefficient (Wildman–Crippen LogP) is 3.43. The molecule has 0 spiro atoms. The molecule has 0 radical (unpaired) electrons. The number of hydrogen-bond acceptors (Lipinski definition) is 5. The van der Waals surface area contributed by atoms with Gasteiger partial charge in [-0.15, -0.1) is 11.8 Å². The highest BCUT2D eigenvalue weighted by atomic mass is 32.2. The van der Waals surface area contributed by atoms with Gasteiger partial charge >= 0.3 is 0 Å². The standard InChI is InChI=1S/C15H20FN3OS/c1-15(2,3)17-9-8-14-18-13(19-20-14)10-21-12-7-5-4-6-11(12)16/h4-7,17H,8-10H2,1-3H3. The Bertz CT molecular complexity index is 580. The first-order valence-corrected chi connectivity index (χ1v) is 7.86. The minimum atomic E-state index is -0.222. The van der Waals surface area contributed by atoms with E-state index in [1.165, 1.54) is 17.8 Å². The molecule has 21 heavy (non-hydrogen) atoms. The van der Waals surface area contributed by atoms with Gasteiger partial charge in [-0.1, -0.05) is 17.3 Å². The molecule has 6 heteroatoms. The number of nitrogens with zero attached hydrogens (tertiary/aromatic N) is 2. The number of nitrogens with one attached hydrogen (secondary N) is 1. The van der Waals surface area contributed by atoms with E-state index in [4.69, 9.17) is 4.52 Å². The number of rotatable bonds is 6. The Labute approximate surface area is 128 Å². The molecule has 0 fully saturated rings. The van der Waals surface area contributed by atoms with E-state index in [0.717, 1.165) is 6.54 Å². The molecule has 0 aliphatic rings. The third-order valence-electron chi connectivity index (χ3n) is 2.70. The van der Waals surface area contributed by atoms with Crippen molar-refractivity contribution in [3.63, 3.8) is 0 Å². The Hall–Kier alpha value is -1.40. The highest BCUT2D eigenvalue weighted by Crippen LogP contribution is 2.24. The maximum absolute atomic E-state index is 13.5. The van der Waals surface area contributed by atoms with Crippen LogP contribution in [0.1, 0.15) is 32.5 Å². The first-order valence-electron chi connectivity index (χ1n) is 6.88. The molecular formula is C15H20FN3OS. The second kappa shape index (κ2) is 7.04. The molecule has 114 valence electrons. The van der Waals surface area contributed by atoms with Gasteiger partial charge in [-0.05, 0) is 32.9 Å². The SMILES string of the molecule is CC(C)(C)NCCc1nc(CSc2ccccc2F)no1. The van der Waals surface area contributed by atoms with E-state index >= 15 is 0 Å². The summed E-state index contributed by atoms with van der Waals surface area (Å²) < 4.78 is 18.7. The Morgan fingerprint density at radius 2 is 2.05 bits per heavy atom. The molecule has 0 bridgehead atoms. The second-order valence-electron chi connectivity index (χ2n) is 5.75. The van der Waals surface area contributed by atoms with E-state index in [-0.39, 0.29) is 11.4 Å². The fourth-order valence-electron chi connectivity index (χ4n) is 1.70. The quantitative estimate of drug-likeness (QED) is 0.829. The average molecular weight is 309 g/mol. The fourth-order valence-corrected chi connectivity index (χ4v) is 2.48. The van der Waals surface area contributed by atoms with E-state index in [9.17, 15) is 4.39 Å². The van der Waals surface area contributed by atoms with E-state index < -0.39 is 0 Å². The van der Waals surface area contributed by atoms with Gasteiger partial charge in [0.2, 0.25) is 5.89 Å². The van der Waals surface area contributed by atoms with Gasteiger partial charge < -0.3 is 9.84 Å². The lowest BCUT2D eigenvalue weighted by molar-refractivity contribution is 0.359. The maximum Gasteiger partial charge on any atom is 0.227 e. The van der Waals surface area contributed by atoms with Crippen LogP contribution in [0.15, 0.2) is 33.7 Å². The van der Waals surface area contributed by atoms with Crippen LogP contribution in [0.2, 0.25) is 0 Å². The van der Waals surface area contributed by atoms with Crippen LogP contribution in [0.5, 0.6) is 0 Å². The van der Waals surface area contributed by atoms with Crippen molar-refractivity contribution in [3.8, 4) is 0 Å². The summed E-state index contributed by atoms with van der Waals surface area (Å²) in [7, 11) is 0. The van der Waals surface area contributed by atoms with Crippen LogP contribution < -0.4 is 5.32 Å². The Morgan fingerprint density at radius 1 is 1.29 bits per heavy atom. The number of thioether (sulfide) groups is 1. The third kappa shape index (κ3) is 5.47. The molecule has 0 unspecified atom stereocenters. The molecular weight excluding hydrogens is 289 g/mol. The van der Waals surface area contributed by atoms with Crippen molar-refractivity contribution in [1.82, 2.24) is 15.5 Å². The summed E-state index contributed by atoms with van der Waals surface area (Å²) in [5.74, 6) is 1.47. The van der Waals surface area contributed by atoms with Gasteiger partial charge in [0.1, 0.15) is 5.82 Å². The molecule has 4 nitrogen and oxygen atoms in total. The molecule has 0 atom stereocenters. The molecule has 2 rings (SSSR count). The van der Waals surface area contributed by atoms with Crippen molar-refractivity contribution in [1.29, 1.82) is 0 Å². The van der Waals surface area contributed by atoms with Crippen molar-refractivity contribution in [3.05, 3.63) is 41.8 Å². The van der Waals surface area contributed by atoms with Crippen molar-refractivity contribution in [2.45, 2.75) is 43.4 Å². The fraction of sp³-hybridized carbons (Fsp3) is 0.467. The average Bonchev–Trinajstić information content (AvgIpc) is 2.84. The lowest BCUT2D eigenvalue weighted by Crippen LogP contribution is -2.37. The summed E-state index contributed by atoms with van der Waals surface area (Å²) in [4.78, 5) is 4.91. The Kier molecular flexibility index (Phi) is 5.36. The first-order chi connectivity index (χ1) is 9.94. The molecule has 0 aliphatic heterocycles. The molecule has 2 aromatic rings. The molecule has 1 aromatic heterocycles. The normalized spacial score (nSPS) is 11.8.